The molecule has 27 heavy (non-hydrogen) atoms. The number of aromatic nitrogens is 1. The molecule has 6 heteroatoms. The zero-order valence-electron chi connectivity index (χ0n) is 15.2. The topological polar surface area (TPSA) is 86.5 Å². The average molecular weight is 364 g/mol. The van der Waals surface area contributed by atoms with E-state index in [1.165, 1.54) is 11.2 Å². The fourth-order valence-corrected chi connectivity index (χ4v) is 3.81. The van der Waals surface area contributed by atoms with E-state index in [0.717, 1.165) is 22.2 Å². The van der Waals surface area contributed by atoms with E-state index < -0.39 is 17.7 Å². The maximum absolute atomic E-state index is 12.8. The van der Waals surface area contributed by atoms with Gasteiger partial charge in [0, 0.05) is 28.6 Å². The molecule has 1 aliphatic rings. The van der Waals surface area contributed by atoms with Crippen LogP contribution in [0.4, 0.5) is 0 Å². The van der Waals surface area contributed by atoms with E-state index in [9.17, 15) is 14.7 Å². The third-order valence-corrected chi connectivity index (χ3v) is 5.05. The number of aromatic amines is 1. The lowest BCUT2D eigenvalue weighted by atomic mass is 9.93. The van der Waals surface area contributed by atoms with Crippen molar-refractivity contribution in [3.63, 3.8) is 0 Å². The number of Topliss-reactive ketones (excluding diaryl/α,β-unsaturated/α-hetero) is 1. The van der Waals surface area contributed by atoms with E-state index in [1.807, 2.05) is 31.2 Å². The maximum atomic E-state index is 12.8. The highest BCUT2D eigenvalue weighted by atomic mass is 16.3. The van der Waals surface area contributed by atoms with Crippen molar-refractivity contribution in [2.45, 2.75) is 32.9 Å². The number of benzene rings is 1. The second kappa shape index (κ2) is 6.46. The number of carbonyl (C=O) groups is 2. The molecule has 138 valence electrons. The number of nitrogens with zero attached hydrogens (tertiary/aromatic N) is 1. The highest BCUT2D eigenvalue weighted by Crippen LogP contribution is 2.43. The van der Waals surface area contributed by atoms with Gasteiger partial charge >= 0.3 is 0 Å². The molecule has 3 heterocycles. The third kappa shape index (κ3) is 2.65. The summed E-state index contributed by atoms with van der Waals surface area (Å²) < 4.78 is 5.40. The minimum atomic E-state index is -0.661. The van der Waals surface area contributed by atoms with Crippen LogP contribution in [0.2, 0.25) is 0 Å². The lowest BCUT2D eigenvalue weighted by molar-refractivity contribution is -0.130. The van der Waals surface area contributed by atoms with Crippen molar-refractivity contribution < 1.29 is 19.1 Å². The van der Waals surface area contributed by atoms with Crippen LogP contribution in [-0.2, 0) is 16.1 Å². The van der Waals surface area contributed by atoms with Crippen LogP contribution >= 0.6 is 0 Å². The smallest absolute Gasteiger partial charge is 0.290 e. The number of ketones is 1. The van der Waals surface area contributed by atoms with Crippen LogP contribution in [-0.4, -0.2) is 26.7 Å². The molecule has 0 radical (unpaired) electrons. The third-order valence-electron chi connectivity index (χ3n) is 5.05. The number of aliphatic hydroxyl groups excluding tert-OH is 1. The Morgan fingerprint density at radius 3 is 2.74 bits per heavy atom. The Bertz CT molecular complexity index is 1060. The maximum Gasteiger partial charge on any atom is 0.290 e. The Balaban J connectivity index is 1.91. The Labute approximate surface area is 156 Å². The van der Waals surface area contributed by atoms with E-state index in [-0.39, 0.29) is 24.3 Å². The fourth-order valence-electron chi connectivity index (χ4n) is 3.81. The van der Waals surface area contributed by atoms with Crippen molar-refractivity contribution in [2.75, 3.05) is 0 Å². The largest absolute Gasteiger partial charge is 0.503 e. The molecule has 1 unspecified atom stereocenters. The van der Waals surface area contributed by atoms with Gasteiger partial charge in [0.25, 0.3) is 5.91 Å². The van der Waals surface area contributed by atoms with Crippen molar-refractivity contribution in [3.8, 4) is 0 Å². The summed E-state index contributed by atoms with van der Waals surface area (Å²) in [6.07, 6.45) is 1.74. The van der Waals surface area contributed by atoms with E-state index in [2.05, 4.69) is 4.98 Å². The average Bonchev–Trinajstić information content (AvgIpc) is 3.34. The molecule has 6 nitrogen and oxygen atoms in total. The van der Waals surface area contributed by atoms with Gasteiger partial charge in [-0.25, -0.2) is 0 Å². The summed E-state index contributed by atoms with van der Waals surface area (Å²) in [6.45, 7) is 3.80. The lowest BCUT2D eigenvalue weighted by Crippen LogP contribution is -2.30. The summed E-state index contributed by atoms with van der Waals surface area (Å²) in [5.41, 5.74) is 2.76. The molecule has 4 rings (SSSR count). The van der Waals surface area contributed by atoms with Gasteiger partial charge in [-0.15, -0.1) is 0 Å². The van der Waals surface area contributed by atoms with E-state index in [1.54, 1.807) is 19.1 Å². The number of amides is 1. The molecule has 0 aliphatic carbocycles. The number of rotatable bonds is 5. The van der Waals surface area contributed by atoms with Gasteiger partial charge < -0.3 is 19.4 Å². The summed E-state index contributed by atoms with van der Waals surface area (Å²) in [5, 5.41) is 11.4. The number of nitrogens with one attached hydrogen (secondary N) is 1. The van der Waals surface area contributed by atoms with Crippen LogP contribution in [0.5, 0.6) is 0 Å². The first-order chi connectivity index (χ1) is 13.0. The Kier molecular flexibility index (Phi) is 4.11. The predicted molar refractivity (Wildman–Crippen MR) is 100.0 cm³/mol. The van der Waals surface area contributed by atoms with Crippen LogP contribution < -0.4 is 0 Å². The molecule has 0 fully saturated rings. The number of para-hydroxylation sites is 1. The molecule has 3 aromatic rings. The molecule has 0 saturated carbocycles. The Hall–Kier alpha value is -3.28. The Morgan fingerprint density at radius 2 is 2.04 bits per heavy atom. The zero-order chi connectivity index (χ0) is 19.1. The van der Waals surface area contributed by atoms with Crippen molar-refractivity contribution in [1.29, 1.82) is 0 Å². The normalized spacial score (nSPS) is 17.3. The number of hydrogen-bond donors (Lipinski definition) is 2. The number of hydrogen-bond acceptors (Lipinski definition) is 4. The highest BCUT2D eigenvalue weighted by molar-refractivity contribution is 6.09. The monoisotopic (exact) mass is 364 g/mol. The zero-order valence-corrected chi connectivity index (χ0v) is 15.2. The summed E-state index contributed by atoms with van der Waals surface area (Å²) in [6, 6.07) is 10.6. The minimum absolute atomic E-state index is 0.155. The summed E-state index contributed by atoms with van der Waals surface area (Å²) in [7, 11) is 0. The first kappa shape index (κ1) is 17.1. The summed E-state index contributed by atoms with van der Waals surface area (Å²) in [5.74, 6) is -0.678. The molecule has 0 bridgehead atoms. The second-order valence-electron chi connectivity index (χ2n) is 6.66. The van der Waals surface area contributed by atoms with Crippen molar-refractivity contribution >= 4 is 22.6 Å². The summed E-state index contributed by atoms with van der Waals surface area (Å²) >= 11 is 0. The molecule has 1 aliphatic heterocycles. The molecule has 1 amide bonds. The lowest BCUT2D eigenvalue weighted by Gasteiger charge is -2.26. The number of H-pyrrole nitrogens is 1. The number of carbonyl (C=O) groups excluding carboxylic acids is 2. The second-order valence-corrected chi connectivity index (χ2v) is 6.66. The van der Waals surface area contributed by atoms with Gasteiger partial charge in [-0.1, -0.05) is 25.1 Å². The number of aryl methyl sites for hydroxylation is 1. The molecule has 2 N–H and O–H groups in total. The van der Waals surface area contributed by atoms with Crippen LogP contribution in [0.15, 0.2) is 58.4 Å². The van der Waals surface area contributed by atoms with E-state index in [4.69, 9.17) is 4.42 Å². The van der Waals surface area contributed by atoms with Crippen molar-refractivity contribution in [2.24, 2.45) is 0 Å². The molecular formula is C21H20N2O4. The van der Waals surface area contributed by atoms with Crippen LogP contribution in [0, 0.1) is 6.92 Å². The van der Waals surface area contributed by atoms with Crippen LogP contribution in [0.1, 0.15) is 36.4 Å². The molecule has 1 atom stereocenters. The summed E-state index contributed by atoms with van der Waals surface area (Å²) in [4.78, 5) is 30.3. The SMILES string of the molecule is CCC(=O)C1=C(O)C(=O)N(Cc2ccco2)C1c1c(C)[nH]c2ccccc12. The standard InChI is InChI=1S/C21H20N2O4/c1-3-16(24)18-19(17-12(2)22-15-9-5-4-8-14(15)17)23(21(26)20(18)25)11-13-7-6-10-27-13/h4-10,19,22,25H,3,11H2,1-2H3. The first-order valence-corrected chi connectivity index (χ1v) is 8.89. The molecule has 0 saturated heterocycles. The number of aliphatic hydroxyl groups is 1. The van der Waals surface area contributed by atoms with Crippen molar-refractivity contribution in [3.05, 3.63) is 71.0 Å². The number of fused-ring (bicyclic) bond motifs is 1. The van der Waals surface area contributed by atoms with Gasteiger partial charge in [0.05, 0.1) is 24.4 Å². The van der Waals surface area contributed by atoms with Gasteiger partial charge in [-0.2, -0.15) is 0 Å². The van der Waals surface area contributed by atoms with Gasteiger partial charge in [-0.05, 0) is 25.1 Å². The van der Waals surface area contributed by atoms with Crippen LogP contribution in [0.3, 0.4) is 0 Å². The molecule has 0 spiro atoms. The fraction of sp³-hybridized carbons (Fsp3) is 0.238. The van der Waals surface area contributed by atoms with Gasteiger partial charge in [0.1, 0.15) is 5.76 Å². The van der Waals surface area contributed by atoms with E-state index in [0.29, 0.717) is 5.76 Å². The van der Waals surface area contributed by atoms with Gasteiger partial charge in [0.15, 0.2) is 11.5 Å². The highest BCUT2D eigenvalue weighted by Gasteiger charge is 2.44. The predicted octanol–water partition coefficient (Wildman–Crippen LogP) is 3.94. The van der Waals surface area contributed by atoms with Gasteiger partial charge in [0.2, 0.25) is 0 Å². The first-order valence-electron chi connectivity index (χ1n) is 8.89. The van der Waals surface area contributed by atoms with E-state index >= 15 is 0 Å². The quantitative estimate of drug-likeness (QED) is 0.718. The molecular weight excluding hydrogens is 344 g/mol. The Morgan fingerprint density at radius 1 is 1.26 bits per heavy atom. The van der Waals surface area contributed by atoms with Crippen molar-refractivity contribution in [1.82, 2.24) is 9.88 Å². The molecule has 1 aromatic carbocycles. The molecule has 2 aromatic heterocycles. The van der Waals surface area contributed by atoms with Crippen LogP contribution in [0.25, 0.3) is 10.9 Å². The van der Waals surface area contributed by atoms with Gasteiger partial charge in [-0.3, -0.25) is 9.59 Å². The number of furan rings is 1. The minimum Gasteiger partial charge on any atom is -0.503 e.